The van der Waals surface area contributed by atoms with Crippen LogP contribution in [0.5, 0.6) is 0 Å². The average Bonchev–Trinajstić information content (AvgIpc) is 3.00. The molecule has 3 aliphatic carbocycles. The first kappa shape index (κ1) is 21.8. The normalized spacial score (nSPS) is 63.4. The lowest BCUT2D eigenvalue weighted by atomic mass is 9.43. The fourth-order valence-electron chi connectivity index (χ4n) is 9.86. The van der Waals surface area contributed by atoms with Gasteiger partial charge in [0.2, 0.25) is 0 Å². The summed E-state index contributed by atoms with van der Waals surface area (Å²) >= 11 is 0. The van der Waals surface area contributed by atoms with Crippen molar-refractivity contribution >= 4 is 5.97 Å². The van der Waals surface area contributed by atoms with Crippen molar-refractivity contribution in [1.29, 1.82) is 0 Å². The minimum absolute atomic E-state index is 0.0948. The number of esters is 1. The summed E-state index contributed by atoms with van der Waals surface area (Å²) in [5, 5.41) is 46.6. The van der Waals surface area contributed by atoms with Crippen LogP contribution in [0.25, 0.3) is 0 Å². The summed E-state index contributed by atoms with van der Waals surface area (Å²) in [5.74, 6) is -1.56. The lowest BCUT2D eigenvalue weighted by molar-refractivity contribution is -0.293. The molecule has 4 heterocycles. The second-order valence-electron chi connectivity index (χ2n) is 12.3. The zero-order valence-corrected chi connectivity index (χ0v) is 19.7. The molecule has 186 valence electrons. The van der Waals surface area contributed by atoms with Crippen molar-refractivity contribution in [2.75, 3.05) is 0 Å². The number of hydrogen-bond donors (Lipinski definition) is 4. The first-order valence-corrected chi connectivity index (χ1v) is 12.2. The van der Waals surface area contributed by atoms with E-state index >= 15 is 0 Å². The standard InChI is InChI=1S/C25H32O9/c1-20-9-13-17(22(3,29)25(20)16(33-25)7-12(20)11-5-6-31-10-11)21(2)15(32-13)8-14(26)23(4)24(21,30)18(27)19(28)34-23/h5-6,10,12-18,26-27,29-30H,7-9H2,1-4H3/t12-,13+,14-,15-,16+,17+,18-,20-,21+,22+,23-,24-,25+/m0/s1. The molecule has 9 heteroatoms. The minimum Gasteiger partial charge on any atom is -0.472 e. The molecule has 7 rings (SSSR count). The van der Waals surface area contributed by atoms with Crippen LogP contribution < -0.4 is 0 Å². The van der Waals surface area contributed by atoms with Gasteiger partial charge in [-0.2, -0.15) is 0 Å². The maximum absolute atomic E-state index is 12.5. The molecule has 6 aliphatic rings. The summed E-state index contributed by atoms with van der Waals surface area (Å²) in [7, 11) is 0. The zero-order chi connectivity index (χ0) is 24.3. The van der Waals surface area contributed by atoms with Crippen molar-refractivity contribution in [2.24, 2.45) is 16.7 Å². The highest BCUT2D eigenvalue weighted by Crippen LogP contribution is 2.79. The number of aliphatic hydroxyl groups excluding tert-OH is 2. The van der Waals surface area contributed by atoms with Gasteiger partial charge < -0.3 is 39.1 Å². The van der Waals surface area contributed by atoms with Gasteiger partial charge in [0.25, 0.3) is 0 Å². The summed E-state index contributed by atoms with van der Waals surface area (Å²) in [4.78, 5) is 12.5. The van der Waals surface area contributed by atoms with Gasteiger partial charge in [-0.05, 0) is 44.2 Å². The molecule has 3 saturated heterocycles. The number of aliphatic hydroxyl groups is 4. The molecule has 3 saturated carbocycles. The number of rotatable bonds is 1. The fraction of sp³-hybridized carbons (Fsp3) is 0.800. The van der Waals surface area contributed by atoms with Crippen LogP contribution in [0.4, 0.5) is 0 Å². The third kappa shape index (κ3) is 1.83. The topological polar surface area (TPSA) is 142 Å². The molecule has 34 heavy (non-hydrogen) atoms. The van der Waals surface area contributed by atoms with Crippen molar-refractivity contribution in [1.82, 2.24) is 0 Å². The van der Waals surface area contributed by atoms with Crippen LogP contribution in [0.1, 0.15) is 58.4 Å². The van der Waals surface area contributed by atoms with Crippen molar-refractivity contribution in [3.05, 3.63) is 24.2 Å². The second kappa shape index (κ2) is 5.74. The molecule has 9 nitrogen and oxygen atoms in total. The number of carbonyl (C=O) groups excluding carboxylic acids is 1. The van der Waals surface area contributed by atoms with Crippen molar-refractivity contribution < 1.29 is 43.8 Å². The van der Waals surface area contributed by atoms with Crippen LogP contribution in [-0.2, 0) is 19.0 Å². The molecule has 0 unspecified atom stereocenters. The maximum atomic E-state index is 12.5. The van der Waals surface area contributed by atoms with Crippen LogP contribution in [0.3, 0.4) is 0 Å². The zero-order valence-electron chi connectivity index (χ0n) is 19.7. The van der Waals surface area contributed by atoms with E-state index in [1.54, 1.807) is 26.4 Å². The Morgan fingerprint density at radius 1 is 1.06 bits per heavy atom. The van der Waals surface area contributed by atoms with Crippen LogP contribution in [0.15, 0.2) is 23.0 Å². The minimum atomic E-state index is -2.17. The molecule has 13 atom stereocenters. The number of epoxide rings is 1. The molecule has 0 radical (unpaired) electrons. The number of hydrogen-bond acceptors (Lipinski definition) is 9. The fourth-order valence-corrected chi connectivity index (χ4v) is 9.86. The van der Waals surface area contributed by atoms with Gasteiger partial charge in [-0.1, -0.05) is 13.8 Å². The van der Waals surface area contributed by atoms with Gasteiger partial charge in [0.1, 0.15) is 5.60 Å². The van der Waals surface area contributed by atoms with E-state index in [1.165, 1.54) is 6.92 Å². The van der Waals surface area contributed by atoms with Crippen molar-refractivity contribution in [3.8, 4) is 0 Å². The van der Waals surface area contributed by atoms with Crippen molar-refractivity contribution in [2.45, 2.75) is 106 Å². The molecule has 0 aromatic carbocycles. The van der Waals surface area contributed by atoms with Gasteiger partial charge in [-0.25, -0.2) is 4.79 Å². The molecular weight excluding hydrogens is 444 g/mol. The van der Waals surface area contributed by atoms with Gasteiger partial charge in [-0.3, -0.25) is 0 Å². The van der Waals surface area contributed by atoms with E-state index < -0.39 is 69.5 Å². The molecule has 0 amide bonds. The van der Waals surface area contributed by atoms with E-state index in [1.807, 2.05) is 6.07 Å². The summed E-state index contributed by atoms with van der Waals surface area (Å²) in [6, 6.07) is 1.95. The Morgan fingerprint density at radius 2 is 1.79 bits per heavy atom. The Hall–Kier alpha value is -1.49. The third-order valence-electron chi connectivity index (χ3n) is 11.3. The van der Waals surface area contributed by atoms with E-state index in [2.05, 4.69) is 6.92 Å². The average molecular weight is 477 g/mol. The number of ether oxygens (including phenoxy) is 3. The highest BCUT2D eigenvalue weighted by molar-refractivity contribution is 5.81. The van der Waals surface area contributed by atoms with Crippen LogP contribution in [0.2, 0.25) is 0 Å². The molecule has 1 aromatic heterocycles. The van der Waals surface area contributed by atoms with E-state index in [4.69, 9.17) is 18.6 Å². The monoisotopic (exact) mass is 476 g/mol. The van der Waals surface area contributed by atoms with Gasteiger partial charge in [0, 0.05) is 23.2 Å². The molecule has 0 bridgehead atoms. The van der Waals surface area contributed by atoms with Gasteiger partial charge in [0.05, 0.1) is 42.5 Å². The molecule has 1 aromatic rings. The number of furan rings is 1. The van der Waals surface area contributed by atoms with E-state index in [0.717, 1.165) is 12.0 Å². The van der Waals surface area contributed by atoms with Crippen LogP contribution >= 0.6 is 0 Å². The molecule has 4 N–H and O–H groups in total. The maximum Gasteiger partial charge on any atom is 0.338 e. The Kier molecular flexibility index (Phi) is 3.67. The quantitative estimate of drug-likeness (QED) is 0.339. The van der Waals surface area contributed by atoms with Gasteiger partial charge >= 0.3 is 5.97 Å². The highest BCUT2D eigenvalue weighted by Gasteiger charge is 2.91. The first-order chi connectivity index (χ1) is 15.8. The van der Waals surface area contributed by atoms with E-state index in [9.17, 15) is 25.2 Å². The summed E-state index contributed by atoms with van der Waals surface area (Å²) in [5.41, 5.74) is -6.94. The van der Waals surface area contributed by atoms with E-state index in [0.29, 0.717) is 6.42 Å². The largest absolute Gasteiger partial charge is 0.472 e. The Labute approximate surface area is 197 Å². The first-order valence-electron chi connectivity index (χ1n) is 12.2. The predicted molar refractivity (Wildman–Crippen MR) is 113 cm³/mol. The molecular formula is C25H32O9. The number of carbonyl (C=O) groups is 1. The second-order valence-corrected chi connectivity index (χ2v) is 12.3. The summed E-state index contributed by atoms with van der Waals surface area (Å²) in [6.07, 6.45) is 0.326. The van der Waals surface area contributed by atoms with Gasteiger partial charge in [-0.15, -0.1) is 0 Å². The van der Waals surface area contributed by atoms with Crippen LogP contribution in [-0.4, -0.2) is 79.3 Å². The van der Waals surface area contributed by atoms with Crippen LogP contribution in [0, 0.1) is 16.7 Å². The molecule has 3 aliphatic heterocycles. The predicted octanol–water partition coefficient (Wildman–Crippen LogP) is 0.627. The summed E-state index contributed by atoms with van der Waals surface area (Å²) < 4.78 is 23.7. The SMILES string of the molecule is C[C@]12[C@H](C[C@H](O)[C@]3(C)OC(=O)[C@H](O)[C@]13O)O[C@@H]1C[C@@]3(C)[C@H](c4ccoc4)C[C@H]4O[C@]43[C@](C)(O)[C@H]12. The summed E-state index contributed by atoms with van der Waals surface area (Å²) in [6.45, 7) is 7.08. The van der Waals surface area contributed by atoms with E-state index in [-0.39, 0.29) is 18.4 Å². The van der Waals surface area contributed by atoms with Crippen molar-refractivity contribution in [3.63, 3.8) is 0 Å². The highest BCUT2D eigenvalue weighted by atomic mass is 16.6. The third-order valence-corrected chi connectivity index (χ3v) is 11.3. The molecule has 6 fully saturated rings. The lowest BCUT2D eigenvalue weighted by Crippen LogP contribution is -2.78. The lowest BCUT2D eigenvalue weighted by Gasteiger charge is -2.62. The Balaban J connectivity index is 1.40. The number of fused-ring (bicyclic) bond motifs is 5. The van der Waals surface area contributed by atoms with Gasteiger partial charge in [0.15, 0.2) is 17.3 Å². The smallest absolute Gasteiger partial charge is 0.338 e. The Bertz CT molecular complexity index is 1090. The Morgan fingerprint density at radius 3 is 2.47 bits per heavy atom. The molecule has 1 spiro atoms.